The summed E-state index contributed by atoms with van der Waals surface area (Å²) in [4.78, 5) is 3.98. The molecule has 1 aromatic heterocycles. The number of alkyl halides is 1. The third-order valence-electron chi connectivity index (χ3n) is 1.71. The van der Waals surface area contributed by atoms with Crippen molar-refractivity contribution >= 4 is 0 Å². The highest BCUT2D eigenvalue weighted by Crippen LogP contribution is 2.16. The molecule has 1 rings (SSSR count). The zero-order valence-electron chi connectivity index (χ0n) is 8.12. The minimum Gasteiger partial charge on any atom is -0.444 e. The lowest BCUT2D eigenvalue weighted by molar-refractivity contribution is 0.0809. The Bertz CT molecular complexity index is 256. The summed E-state index contributed by atoms with van der Waals surface area (Å²) in [5.74, 6) is 0.767. The van der Waals surface area contributed by atoms with Gasteiger partial charge in [-0.3, -0.25) is 0 Å². The molecular weight excluding hydrogens is 169 g/mol. The first kappa shape index (κ1) is 9.96. The maximum atomic E-state index is 12.4. The largest absolute Gasteiger partial charge is 0.444 e. The Labute approximate surface area is 77.8 Å². The molecule has 0 saturated heterocycles. The van der Waals surface area contributed by atoms with E-state index in [-0.39, 0.29) is 0 Å². The number of ether oxygens (including phenoxy) is 1. The molecular formula is C10H14FNO. The van der Waals surface area contributed by atoms with Crippen LogP contribution in [-0.2, 0) is 0 Å². The van der Waals surface area contributed by atoms with Crippen LogP contribution in [-0.4, -0.2) is 11.3 Å². The summed E-state index contributed by atoms with van der Waals surface area (Å²) in [6, 6.07) is 3.58. The van der Waals surface area contributed by atoms with Crippen molar-refractivity contribution in [3.63, 3.8) is 0 Å². The molecule has 0 amide bonds. The van der Waals surface area contributed by atoms with Gasteiger partial charge in [0, 0.05) is 19.2 Å². The highest BCUT2D eigenvalue weighted by molar-refractivity contribution is 5.20. The minimum absolute atomic E-state index is 0.333. The molecule has 0 fully saturated rings. The van der Waals surface area contributed by atoms with Gasteiger partial charge in [0.05, 0.1) is 0 Å². The van der Waals surface area contributed by atoms with Gasteiger partial charge in [-0.2, -0.15) is 0 Å². The van der Waals surface area contributed by atoms with E-state index in [0.717, 1.165) is 5.56 Å². The van der Waals surface area contributed by atoms with Crippen molar-refractivity contribution in [2.75, 3.05) is 0 Å². The summed E-state index contributed by atoms with van der Waals surface area (Å²) < 4.78 is 17.2. The molecule has 72 valence electrons. The highest BCUT2D eigenvalue weighted by atomic mass is 19.1. The highest BCUT2D eigenvalue weighted by Gasteiger charge is 2.03. The van der Waals surface area contributed by atoms with Crippen molar-refractivity contribution < 1.29 is 9.13 Å². The van der Waals surface area contributed by atoms with Gasteiger partial charge in [0.15, 0.2) is 0 Å². The fourth-order valence-corrected chi connectivity index (χ4v) is 0.969. The number of hydrogen-bond acceptors (Lipinski definition) is 2. The molecule has 0 saturated carbocycles. The summed E-state index contributed by atoms with van der Waals surface area (Å²) in [7, 11) is 0. The van der Waals surface area contributed by atoms with Gasteiger partial charge in [-0.15, -0.1) is 0 Å². The molecule has 0 spiro atoms. The Morgan fingerprint density at radius 1 is 1.31 bits per heavy atom. The average Bonchev–Trinajstić information content (AvgIpc) is 2.04. The predicted molar refractivity (Wildman–Crippen MR) is 49.5 cm³/mol. The molecule has 0 aliphatic carbocycles. The molecule has 3 heteroatoms. The standard InChI is InChI=1S/C10H14FNO/c1-7(2)9-4-5-10(12-6-9)13-8(3)11/h4-8H,1-3H3. The summed E-state index contributed by atoms with van der Waals surface area (Å²) in [6.45, 7) is 5.49. The Kier molecular flexibility index (Phi) is 3.23. The van der Waals surface area contributed by atoms with E-state index in [9.17, 15) is 4.39 Å². The average molecular weight is 183 g/mol. The number of rotatable bonds is 3. The van der Waals surface area contributed by atoms with E-state index in [1.165, 1.54) is 6.92 Å². The summed E-state index contributed by atoms with van der Waals surface area (Å²) in [5.41, 5.74) is 1.12. The Morgan fingerprint density at radius 3 is 2.38 bits per heavy atom. The lowest BCUT2D eigenvalue weighted by Gasteiger charge is -2.07. The molecule has 0 aliphatic heterocycles. The second-order valence-electron chi connectivity index (χ2n) is 3.25. The molecule has 0 aliphatic rings. The van der Waals surface area contributed by atoms with E-state index in [4.69, 9.17) is 4.74 Å². The number of pyridine rings is 1. The number of aromatic nitrogens is 1. The number of hydrogen-bond donors (Lipinski definition) is 0. The van der Waals surface area contributed by atoms with Crippen LogP contribution in [0.2, 0.25) is 0 Å². The fourth-order valence-electron chi connectivity index (χ4n) is 0.969. The van der Waals surface area contributed by atoms with Crippen molar-refractivity contribution in [1.29, 1.82) is 0 Å². The van der Waals surface area contributed by atoms with E-state index < -0.39 is 6.36 Å². The summed E-state index contributed by atoms with van der Waals surface area (Å²) in [5, 5.41) is 0. The smallest absolute Gasteiger partial charge is 0.237 e. The van der Waals surface area contributed by atoms with Crippen molar-refractivity contribution in [2.45, 2.75) is 33.0 Å². The van der Waals surface area contributed by atoms with Crippen LogP contribution < -0.4 is 4.74 Å². The SMILES string of the molecule is CC(F)Oc1ccc(C(C)C)cn1. The van der Waals surface area contributed by atoms with Gasteiger partial charge in [0.2, 0.25) is 12.2 Å². The van der Waals surface area contributed by atoms with Gasteiger partial charge >= 0.3 is 0 Å². The molecule has 13 heavy (non-hydrogen) atoms. The maximum Gasteiger partial charge on any atom is 0.237 e. The molecule has 0 bridgehead atoms. The molecule has 1 unspecified atom stereocenters. The zero-order chi connectivity index (χ0) is 9.84. The molecule has 2 nitrogen and oxygen atoms in total. The van der Waals surface area contributed by atoms with Gasteiger partial charge < -0.3 is 4.74 Å². The fraction of sp³-hybridized carbons (Fsp3) is 0.500. The molecule has 0 radical (unpaired) electrons. The van der Waals surface area contributed by atoms with Gasteiger partial charge in [-0.05, 0) is 11.5 Å². The molecule has 0 aromatic carbocycles. The topological polar surface area (TPSA) is 22.1 Å². The first-order valence-electron chi connectivity index (χ1n) is 4.36. The monoisotopic (exact) mass is 183 g/mol. The van der Waals surface area contributed by atoms with E-state index in [1.807, 2.05) is 6.07 Å². The molecule has 1 aromatic rings. The van der Waals surface area contributed by atoms with Crippen molar-refractivity contribution in [2.24, 2.45) is 0 Å². The first-order valence-corrected chi connectivity index (χ1v) is 4.36. The van der Waals surface area contributed by atoms with Crippen LogP contribution in [0.5, 0.6) is 5.88 Å². The zero-order valence-corrected chi connectivity index (χ0v) is 8.12. The second-order valence-corrected chi connectivity index (χ2v) is 3.25. The van der Waals surface area contributed by atoms with Crippen LogP contribution in [0.15, 0.2) is 18.3 Å². The first-order chi connectivity index (χ1) is 6.09. The Hall–Kier alpha value is -1.12. The normalized spacial score (nSPS) is 13.0. The lowest BCUT2D eigenvalue weighted by Crippen LogP contribution is -2.05. The van der Waals surface area contributed by atoms with E-state index in [1.54, 1.807) is 12.3 Å². The lowest BCUT2D eigenvalue weighted by atomic mass is 10.1. The third-order valence-corrected chi connectivity index (χ3v) is 1.71. The second kappa shape index (κ2) is 4.21. The molecule has 1 atom stereocenters. The molecule has 0 N–H and O–H groups in total. The van der Waals surface area contributed by atoms with Crippen molar-refractivity contribution in [3.8, 4) is 5.88 Å². The van der Waals surface area contributed by atoms with Crippen LogP contribution >= 0.6 is 0 Å². The third kappa shape index (κ3) is 3.01. The predicted octanol–water partition coefficient (Wildman–Crippen LogP) is 2.90. The van der Waals surface area contributed by atoms with Crippen LogP contribution in [0.1, 0.15) is 32.3 Å². The molecule has 1 heterocycles. The van der Waals surface area contributed by atoms with Crippen LogP contribution in [0.25, 0.3) is 0 Å². The Balaban J connectivity index is 2.70. The van der Waals surface area contributed by atoms with E-state index in [2.05, 4.69) is 18.8 Å². The number of halogens is 1. The number of nitrogens with zero attached hydrogens (tertiary/aromatic N) is 1. The summed E-state index contributed by atoms with van der Waals surface area (Å²) in [6.07, 6.45) is 0.403. The van der Waals surface area contributed by atoms with Crippen LogP contribution in [0.4, 0.5) is 4.39 Å². The quantitative estimate of drug-likeness (QED) is 0.718. The van der Waals surface area contributed by atoms with Crippen LogP contribution in [0, 0.1) is 0 Å². The van der Waals surface area contributed by atoms with Crippen molar-refractivity contribution in [3.05, 3.63) is 23.9 Å². The van der Waals surface area contributed by atoms with E-state index in [0.29, 0.717) is 11.8 Å². The minimum atomic E-state index is -1.31. The van der Waals surface area contributed by atoms with E-state index >= 15 is 0 Å². The van der Waals surface area contributed by atoms with Gasteiger partial charge in [-0.1, -0.05) is 19.9 Å². The summed E-state index contributed by atoms with van der Waals surface area (Å²) >= 11 is 0. The van der Waals surface area contributed by atoms with Gasteiger partial charge in [0.1, 0.15) is 0 Å². The van der Waals surface area contributed by atoms with Crippen molar-refractivity contribution in [1.82, 2.24) is 4.98 Å². The van der Waals surface area contributed by atoms with Gasteiger partial charge in [0.25, 0.3) is 0 Å². The van der Waals surface area contributed by atoms with Gasteiger partial charge in [-0.25, -0.2) is 9.37 Å². The maximum absolute atomic E-state index is 12.4. The van der Waals surface area contributed by atoms with Crippen LogP contribution in [0.3, 0.4) is 0 Å². The Morgan fingerprint density at radius 2 is 2.00 bits per heavy atom.